The molecule has 0 aliphatic rings. The Morgan fingerprint density at radius 1 is 1.21 bits per heavy atom. The Morgan fingerprint density at radius 3 is 2.50 bits per heavy atom. The van der Waals surface area contributed by atoms with Crippen molar-refractivity contribution < 1.29 is 0 Å². The molecule has 0 saturated carbocycles. The molecule has 4 heteroatoms. The molecule has 0 saturated heterocycles. The Kier molecular flexibility index (Phi) is 2.63. The van der Waals surface area contributed by atoms with Crippen LogP contribution < -0.4 is 0 Å². The van der Waals surface area contributed by atoms with Gasteiger partial charge in [0.2, 0.25) is 0 Å². The maximum absolute atomic E-state index is 4.36. The molecule has 0 aliphatic carbocycles. The number of rotatable bonds is 2. The maximum Gasteiger partial charge on any atom is 0.0966 e. The van der Waals surface area contributed by atoms with Crippen molar-refractivity contribution in [2.75, 3.05) is 0 Å². The minimum Gasteiger partial charge on any atom is -0.153 e. The van der Waals surface area contributed by atoms with E-state index in [4.69, 9.17) is 0 Å². The van der Waals surface area contributed by atoms with Gasteiger partial charge < -0.3 is 0 Å². The predicted octanol–water partition coefficient (Wildman–Crippen LogP) is 2.47. The molecular weight excluding hydrogens is 242 g/mol. The van der Waals surface area contributed by atoms with Crippen LogP contribution in [0.25, 0.3) is 5.69 Å². The summed E-state index contributed by atoms with van der Waals surface area (Å²) in [6.45, 7) is 1.96. The summed E-state index contributed by atoms with van der Waals surface area (Å²) in [5.74, 6) is 0. The third-order valence-electron chi connectivity index (χ3n) is 1.99. The summed E-state index contributed by atoms with van der Waals surface area (Å²) < 4.78 is 0. The van der Waals surface area contributed by atoms with Crippen molar-refractivity contribution in [3.05, 3.63) is 41.7 Å². The molecule has 2 aromatic rings. The van der Waals surface area contributed by atoms with Crippen LogP contribution in [0.4, 0.5) is 0 Å². The van der Waals surface area contributed by atoms with E-state index >= 15 is 0 Å². The highest BCUT2D eigenvalue weighted by Gasteiger charge is 2.05. The fourth-order valence-electron chi connectivity index (χ4n) is 1.21. The summed E-state index contributed by atoms with van der Waals surface area (Å²) in [5, 5.41) is 9.43. The van der Waals surface area contributed by atoms with Crippen molar-refractivity contribution in [3.8, 4) is 5.69 Å². The van der Waals surface area contributed by atoms with Crippen LogP contribution in [-0.2, 0) is 5.33 Å². The van der Waals surface area contributed by atoms with Crippen molar-refractivity contribution in [1.29, 1.82) is 0 Å². The molecule has 72 valence electrons. The number of aryl methyl sites for hydroxylation is 1. The number of para-hydroxylation sites is 1. The van der Waals surface area contributed by atoms with Gasteiger partial charge in [-0.15, -0.1) is 0 Å². The largest absolute Gasteiger partial charge is 0.153 e. The van der Waals surface area contributed by atoms with E-state index in [9.17, 15) is 0 Å². The van der Waals surface area contributed by atoms with Gasteiger partial charge in [0.15, 0.2) is 0 Å². The first kappa shape index (κ1) is 9.40. The molecule has 0 atom stereocenters. The first-order valence-corrected chi connectivity index (χ1v) is 5.47. The Hall–Kier alpha value is -1.16. The number of alkyl halides is 1. The first-order valence-electron chi connectivity index (χ1n) is 4.35. The average Bonchev–Trinajstić information content (AvgIpc) is 2.61. The molecule has 0 radical (unpaired) electrons. The Bertz CT molecular complexity index is 422. The molecule has 0 unspecified atom stereocenters. The van der Waals surface area contributed by atoms with Crippen molar-refractivity contribution in [2.45, 2.75) is 12.3 Å². The molecule has 1 aromatic heterocycles. The van der Waals surface area contributed by atoms with E-state index in [1.807, 2.05) is 37.3 Å². The molecule has 0 bridgehead atoms. The number of nitrogens with zero attached hydrogens (tertiary/aromatic N) is 3. The van der Waals surface area contributed by atoms with Crippen molar-refractivity contribution in [3.63, 3.8) is 0 Å². The van der Waals surface area contributed by atoms with Gasteiger partial charge in [-0.2, -0.15) is 15.0 Å². The monoisotopic (exact) mass is 251 g/mol. The second-order valence-corrected chi connectivity index (χ2v) is 3.55. The fraction of sp³-hybridized carbons (Fsp3) is 0.200. The summed E-state index contributed by atoms with van der Waals surface area (Å²) in [6.07, 6.45) is 0. The zero-order chi connectivity index (χ0) is 9.97. The zero-order valence-corrected chi connectivity index (χ0v) is 9.40. The fourth-order valence-corrected chi connectivity index (χ4v) is 1.73. The van der Waals surface area contributed by atoms with Crippen LogP contribution in [0.5, 0.6) is 0 Å². The first-order chi connectivity index (χ1) is 6.81. The summed E-state index contributed by atoms with van der Waals surface area (Å²) in [4.78, 5) is 1.66. The van der Waals surface area contributed by atoms with E-state index in [-0.39, 0.29) is 0 Å². The van der Waals surface area contributed by atoms with Gasteiger partial charge in [0.25, 0.3) is 0 Å². The highest BCUT2D eigenvalue weighted by atomic mass is 79.9. The van der Waals surface area contributed by atoms with E-state index < -0.39 is 0 Å². The number of hydrogen-bond donors (Lipinski definition) is 0. The smallest absolute Gasteiger partial charge is 0.0966 e. The Labute approximate surface area is 90.9 Å². The van der Waals surface area contributed by atoms with Gasteiger partial charge in [0, 0.05) is 5.33 Å². The van der Waals surface area contributed by atoms with Gasteiger partial charge in [0.05, 0.1) is 17.1 Å². The Balaban J connectivity index is 2.43. The number of halogens is 1. The average molecular weight is 252 g/mol. The van der Waals surface area contributed by atoms with Crippen molar-refractivity contribution >= 4 is 15.9 Å². The van der Waals surface area contributed by atoms with Crippen LogP contribution in [0.2, 0.25) is 0 Å². The van der Waals surface area contributed by atoms with Gasteiger partial charge in [-0.05, 0) is 19.1 Å². The summed E-state index contributed by atoms with van der Waals surface area (Å²) in [6, 6.07) is 9.89. The standard InChI is InChI=1S/C10H10BrN3/c1-8-10(7-11)13-14(12-8)9-5-3-2-4-6-9/h2-6H,7H2,1H3. The topological polar surface area (TPSA) is 30.7 Å². The van der Waals surface area contributed by atoms with Gasteiger partial charge in [0.1, 0.15) is 0 Å². The molecule has 0 aliphatic heterocycles. The van der Waals surface area contributed by atoms with Crippen LogP contribution in [0.15, 0.2) is 30.3 Å². The van der Waals surface area contributed by atoms with Crippen LogP contribution in [0.3, 0.4) is 0 Å². The molecule has 2 rings (SSSR count). The second kappa shape index (κ2) is 3.92. The molecule has 1 aromatic carbocycles. The predicted molar refractivity (Wildman–Crippen MR) is 58.7 cm³/mol. The lowest BCUT2D eigenvalue weighted by Crippen LogP contribution is -1.98. The zero-order valence-electron chi connectivity index (χ0n) is 7.81. The highest BCUT2D eigenvalue weighted by Crippen LogP contribution is 2.10. The van der Waals surface area contributed by atoms with Crippen molar-refractivity contribution in [1.82, 2.24) is 15.0 Å². The van der Waals surface area contributed by atoms with Gasteiger partial charge in [-0.3, -0.25) is 0 Å². The lowest BCUT2D eigenvalue weighted by Gasteiger charge is -1.96. The molecule has 0 fully saturated rings. The van der Waals surface area contributed by atoms with Crippen molar-refractivity contribution in [2.24, 2.45) is 0 Å². The van der Waals surface area contributed by atoms with E-state index in [0.717, 1.165) is 22.4 Å². The number of benzene rings is 1. The van der Waals surface area contributed by atoms with E-state index in [1.54, 1.807) is 4.80 Å². The van der Waals surface area contributed by atoms with Gasteiger partial charge in [-0.25, -0.2) is 0 Å². The summed E-state index contributed by atoms with van der Waals surface area (Å²) in [7, 11) is 0. The maximum atomic E-state index is 4.36. The Morgan fingerprint density at radius 2 is 1.93 bits per heavy atom. The van der Waals surface area contributed by atoms with Crippen LogP contribution in [0, 0.1) is 6.92 Å². The normalized spacial score (nSPS) is 10.4. The third kappa shape index (κ3) is 1.70. The van der Waals surface area contributed by atoms with Crippen LogP contribution >= 0.6 is 15.9 Å². The molecule has 0 amide bonds. The third-order valence-corrected chi connectivity index (χ3v) is 2.52. The SMILES string of the molecule is Cc1nn(-c2ccccc2)nc1CBr. The minimum absolute atomic E-state index is 0.742. The number of aromatic nitrogens is 3. The lowest BCUT2D eigenvalue weighted by atomic mass is 10.3. The summed E-state index contributed by atoms with van der Waals surface area (Å²) >= 11 is 3.38. The van der Waals surface area contributed by atoms with Crippen LogP contribution in [-0.4, -0.2) is 15.0 Å². The molecule has 14 heavy (non-hydrogen) atoms. The van der Waals surface area contributed by atoms with Gasteiger partial charge in [-0.1, -0.05) is 34.1 Å². The van der Waals surface area contributed by atoms with E-state index in [1.165, 1.54) is 0 Å². The molecule has 0 N–H and O–H groups in total. The molecule has 0 spiro atoms. The van der Waals surface area contributed by atoms with E-state index in [2.05, 4.69) is 26.1 Å². The summed E-state index contributed by atoms with van der Waals surface area (Å²) in [5.41, 5.74) is 2.93. The molecule has 3 nitrogen and oxygen atoms in total. The van der Waals surface area contributed by atoms with E-state index in [0.29, 0.717) is 0 Å². The molecular formula is C10H10BrN3. The number of hydrogen-bond acceptors (Lipinski definition) is 2. The molecule has 1 heterocycles. The van der Waals surface area contributed by atoms with Crippen LogP contribution in [0.1, 0.15) is 11.4 Å². The second-order valence-electron chi connectivity index (χ2n) is 2.99. The lowest BCUT2D eigenvalue weighted by molar-refractivity contribution is 0.740. The quantitative estimate of drug-likeness (QED) is 0.768. The minimum atomic E-state index is 0.742. The van der Waals surface area contributed by atoms with Gasteiger partial charge >= 0.3 is 0 Å². The highest BCUT2D eigenvalue weighted by molar-refractivity contribution is 9.08.